The Hall–Kier alpha value is -6.78. The van der Waals surface area contributed by atoms with Gasteiger partial charge in [-0.05, 0) is 130 Å². The van der Waals surface area contributed by atoms with E-state index in [-0.39, 0.29) is 51.2 Å². The number of hydrogen-bond donors (Lipinski definition) is 3. The summed E-state index contributed by atoms with van der Waals surface area (Å²) in [7, 11) is -13.0. The van der Waals surface area contributed by atoms with Gasteiger partial charge in [0.2, 0.25) is 0 Å². The largest absolute Gasteiger partial charge is 0.478 e. The lowest BCUT2D eigenvalue weighted by atomic mass is 10.2. The molecule has 0 aliphatic carbocycles. The second-order valence-electron chi connectivity index (χ2n) is 13.2. The summed E-state index contributed by atoms with van der Waals surface area (Å²) in [6.07, 6.45) is 0. The molecule has 6 aromatic rings. The molecular weight excluding hydrogens is 831 g/mol. The molecule has 1 aliphatic heterocycles. The average molecular weight is 868 g/mol. The summed E-state index contributed by atoms with van der Waals surface area (Å²) < 4.78 is 55.5. The standard InChI is InChI=1S/C42H36N3O12P3/c1-28-4-16-34(17-5-28)52-58(53-35-18-6-29(2)7-19-35)43-59(54-36-20-8-30(3)9-21-36,55-37-22-10-31(11-23-37)40(46)47)45-60(44-58,56-38-24-12-32(13-25-38)41(48)49)57-39-26-14-33(15-27-39)42(50)51/h4-27H,1-3H3,(H,46,47)(H,48,49)(H,50,51). The smallest absolute Gasteiger partial charge is 0.460 e. The number of benzene rings is 6. The van der Waals surface area contributed by atoms with Crippen LogP contribution in [0.15, 0.2) is 159 Å². The highest BCUT2D eigenvalue weighted by Crippen LogP contribution is 2.78. The minimum Gasteiger partial charge on any atom is -0.478 e. The van der Waals surface area contributed by atoms with Crippen LogP contribution in [0.3, 0.4) is 0 Å². The van der Waals surface area contributed by atoms with Gasteiger partial charge in [0, 0.05) is 0 Å². The maximum absolute atomic E-state index is 11.8. The van der Waals surface area contributed by atoms with Crippen LogP contribution in [0.5, 0.6) is 34.5 Å². The highest BCUT2D eigenvalue weighted by atomic mass is 31.3. The maximum atomic E-state index is 11.8. The van der Waals surface area contributed by atoms with Crippen LogP contribution in [0, 0.1) is 20.8 Å². The van der Waals surface area contributed by atoms with E-state index in [2.05, 4.69) is 0 Å². The van der Waals surface area contributed by atoms with Crippen LogP contribution in [0.2, 0.25) is 0 Å². The van der Waals surface area contributed by atoms with E-state index in [9.17, 15) is 29.7 Å². The van der Waals surface area contributed by atoms with Crippen molar-refractivity contribution in [2.75, 3.05) is 0 Å². The molecule has 1 aliphatic rings. The summed E-state index contributed by atoms with van der Waals surface area (Å²) in [5.74, 6) is -2.47. The first-order valence-corrected chi connectivity index (χ1v) is 22.6. The molecule has 18 heteroatoms. The second kappa shape index (κ2) is 17.2. The Morgan fingerprint density at radius 3 is 0.667 bits per heavy atom. The van der Waals surface area contributed by atoms with E-state index in [1.54, 1.807) is 48.5 Å². The van der Waals surface area contributed by atoms with E-state index in [0.717, 1.165) is 16.7 Å². The molecular formula is C42H36N3O12P3. The minimum atomic E-state index is -4.39. The van der Waals surface area contributed by atoms with Crippen molar-refractivity contribution in [1.29, 1.82) is 0 Å². The van der Waals surface area contributed by atoms with Crippen molar-refractivity contribution < 1.29 is 56.8 Å². The van der Waals surface area contributed by atoms with Crippen LogP contribution < -0.4 is 27.1 Å². The van der Waals surface area contributed by atoms with Crippen LogP contribution >= 0.6 is 23.0 Å². The van der Waals surface area contributed by atoms with Gasteiger partial charge >= 0.3 is 40.9 Å². The summed E-state index contributed by atoms with van der Waals surface area (Å²) in [6, 6.07) is 37.5. The molecule has 0 radical (unpaired) electrons. The zero-order chi connectivity index (χ0) is 42.5. The fraction of sp³-hybridized carbons (Fsp3) is 0.0714. The molecule has 306 valence electrons. The molecule has 1 atom stereocenters. The third-order valence-corrected chi connectivity index (χ3v) is 16.5. The normalized spacial score (nSPS) is 16.1. The minimum absolute atomic E-state index is 0.0166. The Labute approximate surface area is 344 Å². The van der Waals surface area contributed by atoms with Crippen molar-refractivity contribution in [3.8, 4) is 34.5 Å². The number of carbonyl (C=O) groups is 3. The summed E-state index contributed by atoms with van der Waals surface area (Å²) in [5.41, 5.74) is 2.71. The van der Waals surface area contributed by atoms with Gasteiger partial charge in [-0.3, -0.25) is 0 Å². The molecule has 0 aromatic heterocycles. The topological polar surface area (TPSA) is 204 Å². The number of hydrogen-bond acceptors (Lipinski definition) is 12. The lowest BCUT2D eigenvalue weighted by Gasteiger charge is -2.33. The Bertz CT molecular complexity index is 2610. The van der Waals surface area contributed by atoms with E-state index < -0.39 is 40.9 Å². The number of aryl methyl sites for hydroxylation is 3. The van der Waals surface area contributed by atoms with Gasteiger partial charge in [0.1, 0.15) is 34.5 Å². The Kier molecular flexibility index (Phi) is 11.9. The molecule has 3 N–H and O–H groups in total. The van der Waals surface area contributed by atoms with Crippen LogP contribution in [0.4, 0.5) is 0 Å². The number of rotatable bonds is 15. The molecule has 0 saturated carbocycles. The summed E-state index contributed by atoms with van der Waals surface area (Å²) in [5, 5.41) is 29.0. The molecule has 1 heterocycles. The first-order chi connectivity index (χ1) is 28.7. The summed E-state index contributed by atoms with van der Waals surface area (Å²) in [4.78, 5) is 35.5. The molecule has 0 spiro atoms. The van der Waals surface area contributed by atoms with Crippen molar-refractivity contribution in [2.45, 2.75) is 20.8 Å². The predicted molar refractivity (Wildman–Crippen MR) is 226 cm³/mol. The monoisotopic (exact) mass is 867 g/mol. The molecule has 60 heavy (non-hydrogen) atoms. The molecule has 7 rings (SSSR count). The quantitative estimate of drug-likeness (QED) is 0.0825. The molecule has 6 aromatic carbocycles. The molecule has 1 unspecified atom stereocenters. The fourth-order valence-corrected chi connectivity index (χ4v) is 14.4. The number of aromatic carboxylic acids is 3. The van der Waals surface area contributed by atoms with Gasteiger partial charge in [-0.25, -0.2) is 14.4 Å². The van der Waals surface area contributed by atoms with Crippen LogP contribution in [-0.2, 0) is 0 Å². The Morgan fingerprint density at radius 1 is 0.333 bits per heavy atom. The number of nitrogens with zero attached hydrogens (tertiary/aromatic N) is 3. The van der Waals surface area contributed by atoms with Crippen molar-refractivity contribution in [1.82, 2.24) is 0 Å². The third kappa shape index (κ3) is 10.1. The molecule has 0 amide bonds. The first kappa shape index (κ1) is 41.4. The molecule has 0 saturated heterocycles. The van der Waals surface area contributed by atoms with Gasteiger partial charge in [0.25, 0.3) is 0 Å². The molecule has 0 bridgehead atoms. The van der Waals surface area contributed by atoms with Gasteiger partial charge in [-0.1, -0.05) is 66.6 Å². The third-order valence-electron chi connectivity index (χ3n) is 8.39. The summed E-state index contributed by atoms with van der Waals surface area (Å²) >= 11 is 0. The van der Waals surface area contributed by atoms with Crippen molar-refractivity contribution >= 4 is 40.9 Å². The van der Waals surface area contributed by atoms with E-state index in [4.69, 9.17) is 40.7 Å². The molecule has 0 fully saturated rings. The highest BCUT2D eigenvalue weighted by molar-refractivity contribution is 7.79. The lowest BCUT2D eigenvalue weighted by Crippen LogP contribution is -2.11. The van der Waals surface area contributed by atoms with Crippen molar-refractivity contribution in [3.05, 3.63) is 179 Å². The zero-order valence-electron chi connectivity index (χ0n) is 32.1. The van der Waals surface area contributed by atoms with E-state index in [1.165, 1.54) is 72.8 Å². The van der Waals surface area contributed by atoms with Crippen LogP contribution in [0.1, 0.15) is 47.8 Å². The number of carboxylic acids is 3. The van der Waals surface area contributed by atoms with Gasteiger partial charge in [-0.2, -0.15) is 0 Å². The Balaban J connectivity index is 1.57. The number of carboxylic acid groups (broad SMARTS) is 3. The fourth-order valence-electron chi connectivity index (χ4n) is 5.35. The predicted octanol–water partition coefficient (Wildman–Crippen LogP) is 12.3. The van der Waals surface area contributed by atoms with Gasteiger partial charge in [-0.15, -0.1) is 0 Å². The van der Waals surface area contributed by atoms with E-state index >= 15 is 0 Å². The molecule has 15 nitrogen and oxygen atoms in total. The average Bonchev–Trinajstić information content (AvgIpc) is 3.21. The lowest BCUT2D eigenvalue weighted by molar-refractivity contribution is 0.0686. The van der Waals surface area contributed by atoms with Crippen molar-refractivity contribution in [3.63, 3.8) is 0 Å². The maximum Gasteiger partial charge on any atom is 0.460 e. The van der Waals surface area contributed by atoms with Gasteiger partial charge in [0.05, 0.1) is 16.7 Å². The highest BCUT2D eigenvalue weighted by Gasteiger charge is 2.49. The van der Waals surface area contributed by atoms with Crippen LogP contribution in [0.25, 0.3) is 0 Å². The van der Waals surface area contributed by atoms with E-state index in [1.807, 2.05) is 45.0 Å². The zero-order valence-corrected chi connectivity index (χ0v) is 34.7. The summed E-state index contributed by atoms with van der Waals surface area (Å²) in [6.45, 7) is 5.71. The van der Waals surface area contributed by atoms with E-state index in [0.29, 0.717) is 0 Å². The van der Waals surface area contributed by atoms with Gasteiger partial charge < -0.3 is 42.5 Å². The van der Waals surface area contributed by atoms with Crippen molar-refractivity contribution in [2.24, 2.45) is 13.5 Å². The second-order valence-corrected chi connectivity index (χ2v) is 19.4. The Morgan fingerprint density at radius 2 is 0.500 bits per heavy atom. The SMILES string of the molecule is Cc1ccc(OP2(Oc3ccc(C)cc3)=NP(Oc3ccc(C(=O)O)cc3)(Oc3ccc(C(=O)O)cc3)=NP(Oc3ccc(C)cc3)(Oc3ccc(C(=O)O)cc3)=N2)cc1. The van der Waals surface area contributed by atoms with Crippen LogP contribution in [-0.4, -0.2) is 33.2 Å². The first-order valence-electron chi connectivity index (χ1n) is 18.0. The van der Waals surface area contributed by atoms with Gasteiger partial charge in [0.15, 0.2) is 0 Å².